The van der Waals surface area contributed by atoms with Crippen LogP contribution in [0.4, 0.5) is 13.2 Å². The lowest BCUT2D eigenvalue weighted by Crippen LogP contribution is -2.47. The summed E-state index contributed by atoms with van der Waals surface area (Å²) >= 11 is 0. The number of hydrogen-bond donors (Lipinski definition) is 2. The van der Waals surface area contributed by atoms with Crippen molar-refractivity contribution < 1.29 is 27.5 Å². The highest BCUT2D eigenvalue weighted by Crippen LogP contribution is 2.30. The van der Waals surface area contributed by atoms with Gasteiger partial charge in [0.25, 0.3) is 5.91 Å². The largest absolute Gasteiger partial charge is 0.494 e. The second-order valence-corrected chi connectivity index (χ2v) is 8.73. The highest BCUT2D eigenvalue weighted by atomic mass is 19.4. The van der Waals surface area contributed by atoms with E-state index in [9.17, 15) is 22.8 Å². The van der Waals surface area contributed by atoms with Crippen molar-refractivity contribution in [3.05, 3.63) is 65.2 Å². The first kappa shape index (κ1) is 26.5. The molecule has 2 aromatic rings. The maximum Gasteiger partial charge on any atom is 0.416 e. The van der Waals surface area contributed by atoms with Crippen LogP contribution in [0.25, 0.3) is 0 Å². The molecule has 1 heterocycles. The summed E-state index contributed by atoms with van der Waals surface area (Å²) in [6.07, 6.45) is -0.960. The van der Waals surface area contributed by atoms with Crippen LogP contribution < -0.4 is 15.4 Å². The van der Waals surface area contributed by atoms with Crippen LogP contribution in [0, 0.1) is 0 Å². The molecule has 1 aliphatic heterocycles. The molecule has 0 aliphatic carbocycles. The summed E-state index contributed by atoms with van der Waals surface area (Å²) in [6, 6.07) is 12.1. The van der Waals surface area contributed by atoms with Crippen molar-refractivity contribution in [1.82, 2.24) is 15.5 Å². The second kappa shape index (κ2) is 12.6. The number of ether oxygens (including phenoxy) is 1. The van der Waals surface area contributed by atoms with Gasteiger partial charge in [0.15, 0.2) is 0 Å². The zero-order valence-corrected chi connectivity index (χ0v) is 19.9. The van der Waals surface area contributed by atoms with Crippen LogP contribution in [0.3, 0.4) is 0 Å². The Hall–Kier alpha value is -3.07. The molecule has 3 rings (SSSR count). The van der Waals surface area contributed by atoms with E-state index in [1.807, 2.05) is 0 Å². The van der Waals surface area contributed by atoms with E-state index in [0.29, 0.717) is 56.0 Å². The lowest BCUT2D eigenvalue weighted by Gasteiger charge is -2.32. The second-order valence-electron chi connectivity index (χ2n) is 8.73. The summed E-state index contributed by atoms with van der Waals surface area (Å²) < 4.78 is 44.3. The molecular formula is C26H32F3N3O3. The first-order valence-corrected chi connectivity index (χ1v) is 11.9. The number of nitrogens with one attached hydrogen (secondary N) is 2. The van der Waals surface area contributed by atoms with E-state index in [4.69, 9.17) is 4.74 Å². The SMILES string of the molecule is CCCCOc1ccc(C(=O)NCC(=O)NC2CCN(Cc3cccc(C(F)(F)F)c3)CC2)cc1. The van der Waals surface area contributed by atoms with E-state index in [0.717, 1.165) is 18.9 Å². The zero-order chi connectivity index (χ0) is 25.3. The fourth-order valence-electron chi connectivity index (χ4n) is 3.92. The molecule has 6 nitrogen and oxygen atoms in total. The minimum atomic E-state index is -4.35. The Morgan fingerprint density at radius 2 is 1.80 bits per heavy atom. The molecular weight excluding hydrogens is 459 g/mol. The molecule has 0 aromatic heterocycles. The normalized spacial score (nSPS) is 15.0. The number of nitrogens with zero attached hydrogens (tertiary/aromatic N) is 1. The van der Waals surface area contributed by atoms with Crippen molar-refractivity contribution in [3.8, 4) is 5.75 Å². The number of piperidine rings is 1. The molecule has 9 heteroatoms. The van der Waals surface area contributed by atoms with Crippen LogP contribution in [0.1, 0.15) is 54.1 Å². The van der Waals surface area contributed by atoms with Crippen molar-refractivity contribution in [2.24, 2.45) is 0 Å². The van der Waals surface area contributed by atoms with Gasteiger partial charge in [-0.2, -0.15) is 13.2 Å². The topological polar surface area (TPSA) is 70.7 Å². The molecule has 0 radical (unpaired) electrons. The van der Waals surface area contributed by atoms with Gasteiger partial charge in [0.1, 0.15) is 5.75 Å². The number of likely N-dealkylation sites (tertiary alicyclic amines) is 1. The van der Waals surface area contributed by atoms with Gasteiger partial charge in [-0.25, -0.2) is 0 Å². The number of hydrogen-bond acceptors (Lipinski definition) is 4. The highest BCUT2D eigenvalue weighted by molar-refractivity contribution is 5.96. The van der Waals surface area contributed by atoms with Gasteiger partial charge in [0.2, 0.25) is 5.91 Å². The molecule has 1 fully saturated rings. The molecule has 1 saturated heterocycles. The van der Waals surface area contributed by atoms with Crippen LogP contribution in [-0.2, 0) is 17.5 Å². The quantitative estimate of drug-likeness (QED) is 0.484. The van der Waals surface area contributed by atoms with Crippen LogP contribution in [0.15, 0.2) is 48.5 Å². The number of benzene rings is 2. The molecule has 2 N–H and O–H groups in total. The van der Waals surface area contributed by atoms with E-state index >= 15 is 0 Å². The third-order valence-corrected chi connectivity index (χ3v) is 5.91. The van der Waals surface area contributed by atoms with Crippen molar-refractivity contribution in [2.75, 3.05) is 26.2 Å². The summed E-state index contributed by atoms with van der Waals surface area (Å²) in [4.78, 5) is 26.7. The highest BCUT2D eigenvalue weighted by Gasteiger charge is 2.30. The van der Waals surface area contributed by atoms with E-state index in [1.165, 1.54) is 12.1 Å². The molecule has 35 heavy (non-hydrogen) atoms. The summed E-state index contributed by atoms with van der Waals surface area (Å²) in [6.45, 7) is 4.36. The van der Waals surface area contributed by atoms with Crippen LogP contribution in [0.5, 0.6) is 5.75 Å². The fraction of sp³-hybridized carbons (Fsp3) is 0.462. The minimum absolute atomic E-state index is 0.0308. The number of alkyl halides is 3. The van der Waals surface area contributed by atoms with E-state index in [-0.39, 0.29) is 24.4 Å². The molecule has 1 aliphatic rings. The first-order valence-electron chi connectivity index (χ1n) is 11.9. The molecule has 0 saturated carbocycles. The summed E-state index contributed by atoms with van der Waals surface area (Å²) in [5.41, 5.74) is 0.421. The van der Waals surface area contributed by atoms with Gasteiger partial charge >= 0.3 is 6.18 Å². The number of unbranched alkanes of at least 4 members (excludes halogenated alkanes) is 1. The van der Waals surface area contributed by atoms with Gasteiger partial charge in [0.05, 0.1) is 18.7 Å². The monoisotopic (exact) mass is 491 g/mol. The average Bonchev–Trinajstić information content (AvgIpc) is 2.84. The van der Waals surface area contributed by atoms with Crippen molar-refractivity contribution >= 4 is 11.8 Å². The van der Waals surface area contributed by atoms with Gasteiger partial charge in [-0.1, -0.05) is 31.5 Å². The molecule has 2 amide bonds. The Kier molecular flexibility index (Phi) is 9.54. The lowest BCUT2D eigenvalue weighted by atomic mass is 10.0. The van der Waals surface area contributed by atoms with Crippen LogP contribution >= 0.6 is 0 Å². The summed E-state index contributed by atoms with van der Waals surface area (Å²) in [7, 11) is 0. The third-order valence-electron chi connectivity index (χ3n) is 5.91. The van der Waals surface area contributed by atoms with Gasteiger partial charge in [-0.15, -0.1) is 0 Å². The van der Waals surface area contributed by atoms with Crippen LogP contribution in [-0.4, -0.2) is 49.0 Å². The third kappa shape index (κ3) is 8.58. The number of rotatable bonds is 10. The Balaban J connectivity index is 1.37. The Morgan fingerprint density at radius 1 is 1.09 bits per heavy atom. The zero-order valence-electron chi connectivity index (χ0n) is 19.9. The van der Waals surface area contributed by atoms with E-state index in [2.05, 4.69) is 22.5 Å². The smallest absolute Gasteiger partial charge is 0.416 e. The van der Waals surface area contributed by atoms with Crippen molar-refractivity contribution in [2.45, 2.75) is 51.4 Å². The maximum atomic E-state index is 12.9. The number of amides is 2. The Morgan fingerprint density at radius 3 is 2.46 bits per heavy atom. The summed E-state index contributed by atoms with van der Waals surface area (Å²) in [5.74, 6) is 0.0949. The molecule has 0 unspecified atom stereocenters. The Labute approximate surface area is 203 Å². The summed E-state index contributed by atoms with van der Waals surface area (Å²) in [5, 5.41) is 5.55. The van der Waals surface area contributed by atoms with Gasteiger partial charge in [0, 0.05) is 31.2 Å². The van der Waals surface area contributed by atoms with E-state index < -0.39 is 11.7 Å². The molecule has 0 atom stereocenters. The average molecular weight is 492 g/mol. The predicted octanol–water partition coefficient (Wildman–Crippen LogP) is 4.39. The molecule has 0 bridgehead atoms. The number of carbonyl (C=O) groups is 2. The molecule has 0 spiro atoms. The number of carbonyl (C=O) groups excluding carboxylic acids is 2. The minimum Gasteiger partial charge on any atom is -0.494 e. The van der Waals surface area contributed by atoms with Gasteiger partial charge < -0.3 is 15.4 Å². The van der Waals surface area contributed by atoms with E-state index in [1.54, 1.807) is 30.3 Å². The van der Waals surface area contributed by atoms with Crippen LogP contribution in [0.2, 0.25) is 0 Å². The lowest BCUT2D eigenvalue weighted by molar-refractivity contribution is -0.137. The van der Waals surface area contributed by atoms with Gasteiger partial charge in [-0.3, -0.25) is 14.5 Å². The first-order chi connectivity index (χ1) is 16.7. The maximum absolute atomic E-state index is 12.9. The number of halogens is 3. The fourth-order valence-corrected chi connectivity index (χ4v) is 3.92. The predicted molar refractivity (Wildman–Crippen MR) is 127 cm³/mol. The molecule has 190 valence electrons. The Bertz CT molecular complexity index is 972. The van der Waals surface area contributed by atoms with Gasteiger partial charge in [-0.05, 0) is 55.2 Å². The van der Waals surface area contributed by atoms with Crippen molar-refractivity contribution in [3.63, 3.8) is 0 Å². The standard InChI is InChI=1S/C26H32F3N3O3/c1-2-3-15-35-23-9-7-20(8-10-23)25(34)30-17-24(33)31-22-11-13-32(14-12-22)18-19-5-4-6-21(16-19)26(27,28)29/h4-10,16,22H,2-3,11-15,17-18H2,1H3,(H,30,34)(H,31,33). The molecule has 2 aromatic carbocycles. The van der Waals surface area contributed by atoms with Crippen molar-refractivity contribution in [1.29, 1.82) is 0 Å².